The van der Waals surface area contributed by atoms with E-state index in [1.165, 1.54) is 0 Å². The highest BCUT2D eigenvalue weighted by molar-refractivity contribution is 6.74. The predicted molar refractivity (Wildman–Crippen MR) is 164 cm³/mol. The van der Waals surface area contributed by atoms with Crippen molar-refractivity contribution >= 4 is 22.4 Å². The molecule has 0 aromatic heterocycles. The highest BCUT2D eigenvalue weighted by Crippen LogP contribution is 2.67. The van der Waals surface area contributed by atoms with Crippen molar-refractivity contribution in [1.29, 1.82) is 0 Å². The van der Waals surface area contributed by atoms with E-state index in [0.29, 0.717) is 13.2 Å². The summed E-state index contributed by atoms with van der Waals surface area (Å²) >= 11 is 0. The lowest BCUT2D eigenvalue weighted by Gasteiger charge is -2.47. The van der Waals surface area contributed by atoms with Crippen molar-refractivity contribution in [3.63, 3.8) is 0 Å². The largest absolute Gasteiger partial charge is 0.416 e. The van der Waals surface area contributed by atoms with Crippen molar-refractivity contribution in [2.24, 2.45) is 22.7 Å². The number of carbonyl (C=O) groups is 1. The molecule has 37 heavy (non-hydrogen) atoms. The predicted octanol–water partition coefficient (Wildman–Crippen LogP) is 8.94. The fourth-order valence-corrected chi connectivity index (χ4v) is 7.61. The van der Waals surface area contributed by atoms with Gasteiger partial charge in [-0.05, 0) is 68.5 Å². The van der Waals surface area contributed by atoms with Gasteiger partial charge in [-0.25, -0.2) is 0 Å². The summed E-state index contributed by atoms with van der Waals surface area (Å²) in [5, 5.41) is 0.194. The molecule has 3 atom stereocenters. The van der Waals surface area contributed by atoms with Crippen LogP contribution in [-0.2, 0) is 13.6 Å². The van der Waals surface area contributed by atoms with Gasteiger partial charge in [-0.3, -0.25) is 4.79 Å². The SMILES string of the molecule is C=C(C)C[C@H]1/C(=C/C#CC(C)C)C(=O)[C@@]2(CO[Si](C)(C)C(C)(C)C)CCC[C@@]12CO[Si](C)(C)C(C)(C)C. The maximum absolute atomic E-state index is 14.6. The normalized spacial score (nSPS) is 28.0. The number of rotatable bonds is 8. The lowest BCUT2D eigenvalue weighted by Crippen LogP contribution is -2.53. The van der Waals surface area contributed by atoms with Crippen LogP contribution in [0.3, 0.4) is 0 Å². The highest BCUT2D eigenvalue weighted by atomic mass is 28.4. The van der Waals surface area contributed by atoms with Gasteiger partial charge in [0.15, 0.2) is 22.4 Å². The van der Waals surface area contributed by atoms with E-state index in [1.807, 2.05) is 6.08 Å². The van der Waals surface area contributed by atoms with Crippen molar-refractivity contribution in [3.8, 4) is 11.8 Å². The summed E-state index contributed by atoms with van der Waals surface area (Å²) in [5.41, 5.74) is 1.15. The molecule has 0 aromatic rings. The summed E-state index contributed by atoms with van der Waals surface area (Å²) in [6.45, 7) is 34.6. The van der Waals surface area contributed by atoms with Gasteiger partial charge < -0.3 is 8.85 Å². The Kier molecular flexibility index (Phi) is 9.52. The first-order valence-corrected chi connectivity index (χ1v) is 20.1. The third-order valence-electron chi connectivity index (χ3n) is 10.1. The van der Waals surface area contributed by atoms with Crippen LogP contribution in [0.1, 0.15) is 88.0 Å². The highest BCUT2D eigenvalue weighted by Gasteiger charge is 2.69. The average Bonchev–Trinajstić information content (AvgIpc) is 3.17. The molecule has 2 saturated carbocycles. The molecule has 210 valence electrons. The second-order valence-electron chi connectivity index (χ2n) is 15.3. The van der Waals surface area contributed by atoms with Gasteiger partial charge >= 0.3 is 0 Å². The minimum atomic E-state index is -2.06. The summed E-state index contributed by atoms with van der Waals surface area (Å²) in [4.78, 5) is 14.6. The molecule has 2 aliphatic rings. The van der Waals surface area contributed by atoms with Gasteiger partial charge in [-0.2, -0.15) is 0 Å². The number of hydrogen-bond acceptors (Lipinski definition) is 3. The maximum atomic E-state index is 14.6. The van der Waals surface area contributed by atoms with E-state index in [-0.39, 0.29) is 33.1 Å². The van der Waals surface area contributed by atoms with E-state index < -0.39 is 22.0 Å². The number of Topliss-reactive ketones (excluding diaryl/α,β-unsaturated/α-hetero) is 1. The minimum absolute atomic E-state index is 0.0641. The third-order valence-corrected chi connectivity index (χ3v) is 19.0. The van der Waals surface area contributed by atoms with E-state index in [1.54, 1.807) is 0 Å². The topological polar surface area (TPSA) is 35.5 Å². The van der Waals surface area contributed by atoms with Crippen LogP contribution < -0.4 is 0 Å². The van der Waals surface area contributed by atoms with Gasteiger partial charge in [0.2, 0.25) is 0 Å². The van der Waals surface area contributed by atoms with Crippen LogP contribution in [0.25, 0.3) is 0 Å². The van der Waals surface area contributed by atoms with E-state index in [0.717, 1.165) is 36.8 Å². The molecule has 0 bridgehead atoms. The van der Waals surface area contributed by atoms with Gasteiger partial charge in [-0.15, -0.1) is 6.58 Å². The summed E-state index contributed by atoms with van der Waals surface area (Å²) in [6, 6.07) is 0. The Hall–Kier alpha value is -0.936. The van der Waals surface area contributed by atoms with Crippen LogP contribution in [0.2, 0.25) is 36.3 Å². The van der Waals surface area contributed by atoms with Crippen LogP contribution in [0.5, 0.6) is 0 Å². The van der Waals surface area contributed by atoms with Crippen LogP contribution in [0.15, 0.2) is 23.8 Å². The standard InChI is InChI=1S/C32H56O3Si2/c1-24(2)17-15-18-26-27(21-25(3)4)31(22-34-36(11,12)29(5,6)7)19-16-20-32(31,28(26)33)23-35-37(13,14)30(8,9)10/h18,24,27H,3,16,19-23H2,1-2,4-14H3/b26-18-/t27-,31+,32-/m0/s1. The monoisotopic (exact) mass is 544 g/mol. The fourth-order valence-electron chi connectivity index (χ4n) is 5.52. The molecular formula is C32H56O3Si2. The van der Waals surface area contributed by atoms with Gasteiger partial charge in [0, 0.05) is 36.0 Å². The summed E-state index contributed by atoms with van der Waals surface area (Å²) in [5.74, 6) is 7.09. The van der Waals surface area contributed by atoms with Crippen molar-refractivity contribution < 1.29 is 13.6 Å². The zero-order chi connectivity index (χ0) is 28.7. The second kappa shape index (κ2) is 10.9. The molecule has 5 heteroatoms. The molecule has 0 aromatic carbocycles. The third kappa shape index (κ3) is 6.29. The van der Waals surface area contributed by atoms with E-state index in [2.05, 4.69) is 107 Å². The number of allylic oxidation sites excluding steroid dienone is 3. The molecule has 0 aliphatic heterocycles. The molecular weight excluding hydrogens is 489 g/mol. The molecule has 0 spiro atoms. The molecule has 3 nitrogen and oxygen atoms in total. The fraction of sp³-hybridized carbons (Fsp3) is 0.781. The number of ketones is 1. The maximum Gasteiger partial charge on any atom is 0.192 e. The molecule has 0 N–H and O–H groups in total. The Bertz CT molecular complexity index is 965. The molecule has 0 heterocycles. The molecule has 2 fully saturated rings. The average molecular weight is 545 g/mol. The minimum Gasteiger partial charge on any atom is -0.416 e. The summed E-state index contributed by atoms with van der Waals surface area (Å²) < 4.78 is 13.9. The first kappa shape index (κ1) is 32.3. The van der Waals surface area contributed by atoms with Gasteiger partial charge in [0.05, 0.1) is 5.41 Å². The van der Waals surface area contributed by atoms with E-state index in [4.69, 9.17) is 8.85 Å². The quantitative estimate of drug-likeness (QED) is 0.132. The van der Waals surface area contributed by atoms with Gasteiger partial charge in [0.25, 0.3) is 0 Å². The number of hydrogen-bond donors (Lipinski definition) is 0. The zero-order valence-corrected chi connectivity index (χ0v) is 28.4. The molecule has 2 rings (SSSR count). The van der Waals surface area contributed by atoms with Crippen LogP contribution in [-0.4, -0.2) is 35.6 Å². The molecule has 0 radical (unpaired) electrons. The van der Waals surface area contributed by atoms with Gasteiger partial charge in [-0.1, -0.05) is 79.2 Å². The first-order chi connectivity index (χ1) is 16.6. The Balaban J connectivity index is 2.70. The molecule has 2 aliphatic carbocycles. The van der Waals surface area contributed by atoms with Crippen molar-refractivity contribution in [2.75, 3.05) is 13.2 Å². The van der Waals surface area contributed by atoms with Crippen molar-refractivity contribution in [1.82, 2.24) is 0 Å². The first-order valence-electron chi connectivity index (χ1n) is 14.3. The Morgan fingerprint density at radius 1 is 1.03 bits per heavy atom. The smallest absolute Gasteiger partial charge is 0.192 e. The Labute approximate surface area is 231 Å². The Morgan fingerprint density at radius 3 is 2.00 bits per heavy atom. The summed E-state index contributed by atoms with van der Waals surface area (Å²) in [6.07, 6.45) is 5.62. The van der Waals surface area contributed by atoms with E-state index in [9.17, 15) is 4.79 Å². The van der Waals surface area contributed by atoms with Crippen LogP contribution in [0.4, 0.5) is 0 Å². The summed E-state index contributed by atoms with van der Waals surface area (Å²) in [7, 11) is -4.08. The van der Waals surface area contributed by atoms with E-state index >= 15 is 0 Å². The Morgan fingerprint density at radius 2 is 1.54 bits per heavy atom. The van der Waals surface area contributed by atoms with Crippen molar-refractivity contribution in [2.45, 2.75) is 124 Å². The number of carbonyl (C=O) groups excluding carboxylic acids is 1. The lowest BCUT2D eigenvalue weighted by molar-refractivity contribution is -0.131. The lowest BCUT2D eigenvalue weighted by atomic mass is 9.64. The molecule has 0 amide bonds. The van der Waals surface area contributed by atoms with Crippen LogP contribution in [0, 0.1) is 34.5 Å². The van der Waals surface area contributed by atoms with Crippen molar-refractivity contribution in [3.05, 3.63) is 23.8 Å². The second-order valence-corrected chi connectivity index (χ2v) is 24.9. The zero-order valence-electron chi connectivity index (χ0n) is 26.4. The van der Waals surface area contributed by atoms with Gasteiger partial charge in [0.1, 0.15) is 0 Å². The molecule has 0 unspecified atom stereocenters. The number of fused-ring (bicyclic) bond motifs is 1. The van der Waals surface area contributed by atoms with Crippen LogP contribution >= 0.6 is 0 Å². The molecule has 0 saturated heterocycles.